The molecule has 1 saturated carbocycles. The summed E-state index contributed by atoms with van der Waals surface area (Å²) in [5.74, 6) is 2.01. The van der Waals surface area contributed by atoms with Crippen LogP contribution < -0.4 is 5.32 Å². The Morgan fingerprint density at radius 3 is 2.94 bits per heavy atom. The van der Waals surface area contributed by atoms with Crippen LogP contribution in [0, 0.1) is 6.92 Å². The van der Waals surface area contributed by atoms with Gasteiger partial charge in [-0.3, -0.25) is 0 Å². The Hall–Kier alpha value is -0.800. The molecule has 1 aromatic rings. The first-order valence-corrected chi connectivity index (χ1v) is 6.62. The summed E-state index contributed by atoms with van der Waals surface area (Å²) >= 11 is 0. The first kappa shape index (κ1) is 12.7. The van der Waals surface area contributed by atoms with Gasteiger partial charge in [0.15, 0.2) is 0 Å². The summed E-state index contributed by atoms with van der Waals surface area (Å²) in [5.41, 5.74) is 1.18. The van der Waals surface area contributed by atoms with Crippen LogP contribution in [-0.4, -0.2) is 12.1 Å². The number of ether oxygens (including phenoxy) is 1. The minimum absolute atomic E-state index is 0.317. The number of furan rings is 1. The molecule has 1 aromatic heterocycles. The molecule has 0 spiro atoms. The number of hydrogen-bond donors (Lipinski definition) is 1. The largest absolute Gasteiger partial charge is 0.465 e. The molecule has 1 N–H and O–H groups in total. The molecule has 0 saturated heterocycles. The maximum atomic E-state index is 5.73. The van der Waals surface area contributed by atoms with E-state index in [2.05, 4.69) is 25.2 Å². The average molecular weight is 237 g/mol. The lowest BCUT2D eigenvalue weighted by atomic mass is 10.2. The molecule has 1 unspecified atom stereocenters. The van der Waals surface area contributed by atoms with Gasteiger partial charge < -0.3 is 14.5 Å². The van der Waals surface area contributed by atoms with Crippen LogP contribution in [0.2, 0.25) is 0 Å². The second-order valence-electron chi connectivity index (χ2n) is 4.98. The number of aryl methyl sites for hydroxylation is 1. The van der Waals surface area contributed by atoms with Crippen LogP contribution in [-0.2, 0) is 17.9 Å². The van der Waals surface area contributed by atoms with Crippen molar-refractivity contribution in [3.8, 4) is 0 Å². The molecule has 17 heavy (non-hydrogen) atoms. The molecule has 3 nitrogen and oxygen atoms in total. The molecular weight excluding hydrogens is 214 g/mol. The van der Waals surface area contributed by atoms with Gasteiger partial charge in [-0.25, -0.2) is 0 Å². The lowest BCUT2D eigenvalue weighted by Crippen LogP contribution is -2.14. The van der Waals surface area contributed by atoms with Gasteiger partial charge in [-0.05, 0) is 39.2 Å². The second kappa shape index (κ2) is 5.69. The van der Waals surface area contributed by atoms with E-state index in [1.54, 1.807) is 0 Å². The van der Waals surface area contributed by atoms with Crippen molar-refractivity contribution in [2.75, 3.05) is 0 Å². The highest BCUT2D eigenvalue weighted by Gasteiger charge is 2.20. The fraction of sp³-hybridized carbons (Fsp3) is 0.714. The summed E-state index contributed by atoms with van der Waals surface area (Å²) in [7, 11) is 0. The van der Waals surface area contributed by atoms with Gasteiger partial charge in [0.05, 0.1) is 19.3 Å². The second-order valence-corrected chi connectivity index (χ2v) is 4.98. The molecule has 3 heteroatoms. The van der Waals surface area contributed by atoms with Gasteiger partial charge >= 0.3 is 0 Å². The Morgan fingerprint density at radius 1 is 1.53 bits per heavy atom. The molecule has 2 rings (SSSR count). The smallest absolute Gasteiger partial charge is 0.118 e. The van der Waals surface area contributed by atoms with E-state index < -0.39 is 0 Å². The van der Waals surface area contributed by atoms with Crippen LogP contribution in [0.5, 0.6) is 0 Å². The predicted octanol–water partition coefficient (Wildman–Crippen LogP) is 3.16. The third-order valence-corrected chi connectivity index (χ3v) is 3.31. The van der Waals surface area contributed by atoms with E-state index in [1.807, 2.05) is 6.92 Å². The summed E-state index contributed by atoms with van der Waals surface area (Å²) in [5, 5.41) is 3.45. The van der Waals surface area contributed by atoms with Crippen LogP contribution in [0.15, 0.2) is 10.5 Å². The molecule has 0 radical (unpaired) electrons. The van der Waals surface area contributed by atoms with Gasteiger partial charge in [-0.15, -0.1) is 0 Å². The molecule has 96 valence electrons. The zero-order valence-corrected chi connectivity index (χ0v) is 11.1. The van der Waals surface area contributed by atoms with Crippen LogP contribution in [0.1, 0.15) is 50.2 Å². The normalized spacial score (nSPS) is 17.4. The molecule has 0 aliphatic heterocycles. The van der Waals surface area contributed by atoms with Gasteiger partial charge in [-0.1, -0.05) is 6.92 Å². The van der Waals surface area contributed by atoms with Crippen molar-refractivity contribution in [2.24, 2.45) is 0 Å². The zero-order valence-electron chi connectivity index (χ0n) is 11.1. The minimum Gasteiger partial charge on any atom is -0.465 e. The van der Waals surface area contributed by atoms with Gasteiger partial charge in [-0.2, -0.15) is 0 Å². The monoisotopic (exact) mass is 237 g/mol. The third kappa shape index (κ3) is 3.86. The zero-order chi connectivity index (χ0) is 12.3. The molecule has 1 aliphatic rings. The first-order chi connectivity index (χ1) is 8.19. The van der Waals surface area contributed by atoms with Gasteiger partial charge in [0.2, 0.25) is 0 Å². The quantitative estimate of drug-likeness (QED) is 0.791. The van der Waals surface area contributed by atoms with Gasteiger partial charge in [0, 0.05) is 11.6 Å². The molecule has 1 heterocycles. The van der Waals surface area contributed by atoms with E-state index in [1.165, 1.54) is 18.4 Å². The summed E-state index contributed by atoms with van der Waals surface area (Å²) in [6.45, 7) is 7.75. The van der Waals surface area contributed by atoms with Crippen molar-refractivity contribution in [1.82, 2.24) is 5.32 Å². The summed E-state index contributed by atoms with van der Waals surface area (Å²) in [6, 6.07) is 2.84. The summed E-state index contributed by atoms with van der Waals surface area (Å²) < 4.78 is 11.4. The van der Waals surface area contributed by atoms with Crippen molar-refractivity contribution in [3.05, 3.63) is 23.2 Å². The molecule has 1 atom stereocenters. The van der Waals surface area contributed by atoms with Crippen molar-refractivity contribution in [2.45, 2.75) is 65.3 Å². The molecular formula is C14H23NO2. The van der Waals surface area contributed by atoms with Gasteiger partial charge in [0.1, 0.15) is 11.5 Å². The number of rotatable bonds is 7. The highest BCUT2D eigenvalue weighted by molar-refractivity contribution is 5.20. The average Bonchev–Trinajstić information content (AvgIpc) is 3.08. The fourth-order valence-electron chi connectivity index (χ4n) is 1.70. The molecule has 0 aromatic carbocycles. The lowest BCUT2D eigenvalue weighted by molar-refractivity contribution is 0.0502. The maximum absolute atomic E-state index is 5.73. The van der Waals surface area contributed by atoms with Crippen LogP contribution >= 0.6 is 0 Å². The van der Waals surface area contributed by atoms with Crippen molar-refractivity contribution < 1.29 is 9.15 Å². The highest BCUT2D eigenvalue weighted by atomic mass is 16.5. The fourth-order valence-corrected chi connectivity index (χ4v) is 1.70. The number of nitrogens with one attached hydrogen (secondary N) is 1. The van der Waals surface area contributed by atoms with Crippen LogP contribution in [0.3, 0.4) is 0 Å². The predicted molar refractivity (Wildman–Crippen MR) is 67.8 cm³/mol. The minimum atomic E-state index is 0.317. The SMILES string of the molecule is CCC(C)OCc1cc(CNC2CC2)oc1C. The van der Waals surface area contributed by atoms with Crippen LogP contribution in [0.4, 0.5) is 0 Å². The maximum Gasteiger partial charge on any atom is 0.118 e. The Labute approximate surface area is 104 Å². The van der Waals surface area contributed by atoms with Crippen LogP contribution in [0.25, 0.3) is 0 Å². The van der Waals surface area contributed by atoms with E-state index in [0.717, 1.165) is 30.5 Å². The first-order valence-electron chi connectivity index (χ1n) is 6.62. The standard InChI is InChI=1S/C14H23NO2/c1-4-10(2)16-9-12-7-14(17-11(12)3)8-15-13-5-6-13/h7,10,13,15H,4-6,8-9H2,1-3H3. The Kier molecular flexibility index (Phi) is 4.24. The molecule has 1 fully saturated rings. The summed E-state index contributed by atoms with van der Waals surface area (Å²) in [6.07, 6.45) is 3.98. The van der Waals surface area contributed by atoms with E-state index in [4.69, 9.17) is 9.15 Å². The lowest BCUT2D eigenvalue weighted by Gasteiger charge is -2.09. The van der Waals surface area contributed by atoms with E-state index in [-0.39, 0.29) is 0 Å². The van der Waals surface area contributed by atoms with E-state index >= 15 is 0 Å². The molecule has 0 bridgehead atoms. The van der Waals surface area contributed by atoms with Crippen molar-refractivity contribution in [3.63, 3.8) is 0 Å². The van der Waals surface area contributed by atoms with Crippen molar-refractivity contribution >= 4 is 0 Å². The Morgan fingerprint density at radius 2 is 2.29 bits per heavy atom. The summed E-state index contributed by atoms with van der Waals surface area (Å²) in [4.78, 5) is 0. The highest BCUT2D eigenvalue weighted by Crippen LogP contribution is 2.21. The van der Waals surface area contributed by atoms with E-state index in [0.29, 0.717) is 12.7 Å². The third-order valence-electron chi connectivity index (χ3n) is 3.31. The molecule has 1 aliphatic carbocycles. The van der Waals surface area contributed by atoms with Gasteiger partial charge in [0.25, 0.3) is 0 Å². The Bertz CT molecular complexity index is 355. The topological polar surface area (TPSA) is 34.4 Å². The van der Waals surface area contributed by atoms with E-state index in [9.17, 15) is 0 Å². The molecule has 0 amide bonds. The van der Waals surface area contributed by atoms with Crippen molar-refractivity contribution in [1.29, 1.82) is 0 Å². The number of hydrogen-bond acceptors (Lipinski definition) is 3. The Balaban J connectivity index is 1.83.